The summed E-state index contributed by atoms with van der Waals surface area (Å²) in [6, 6.07) is 0. The van der Waals surface area contributed by atoms with E-state index in [-0.39, 0.29) is 31.1 Å². The summed E-state index contributed by atoms with van der Waals surface area (Å²) in [6.45, 7) is 6.52. The molecule has 6 nitrogen and oxygen atoms in total. The Labute approximate surface area is 509 Å². The molecular weight excluding hydrogens is 1010 g/mol. The third-order valence-electron chi connectivity index (χ3n) is 15.6. The van der Waals surface area contributed by atoms with Crippen LogP contribution in [0.5, 0.6) is 0 Å². The Bertz CT molecular complexity index is 1550. The fraction of sp³-hybridized carbons (Fsp3) is 0.776. The van der Waals surface area contributed by atoms with Crippen LogP contribution in [0.2, 0.25) is 0 Å². The zero-order valence-electron chi connectivity index (χ0n) is 54.5. The highest BCUT2D eigenvalue weighted by Crippen LogP contribution is 2.18. The Morgan fingerprint density at radius 3 is 0.780 bits per heavy atom. The van der Waals surface area contributed by atoms with Crippen LogP contribution in [0.1, 0.15) is 361 Å². The zero-order valence-corrected chi connectivity index (χ0v) is 54.5. The number of hydrogen-bond donors (Lipinski definition) is 0. The summed E-state index contributed by atoms with van der Waals surface area (Å²) in [6.07, 6.45) is 93.4. The maximum atomic E-state index is 12.9. The highest BCUT2D eigenvalue weighted by molar-refractivity contribution is 5.71. The Hall–Kier alpha value is -3.41. The molecule has 0 amide bonds. The molecule has 1 unspecified atom stereocenters. The second kappa shape index (κ2) is 70.1. The lowest BCUT2D eigenvalue weighted by Crippen LogP contribution is -2.30. The van der Waals surface area contributed by atoms with E-state index in [9.17, 15) is 14.4 Å². The summed E-state index contributed by atoms with van der Waals surface area (Å²) >= 11 is 0. The van der Waals surface area contributed by atoms with E-state index < -0.39 is 6.10 Å². The summed E-state index contributed by atoms with van der Waals surface area (Å²) in [4.78, 5) is 38.4. The maximum absolute atomic E-state index is 12.9. The van der Waals surface area contributed by atoms with Gasteiger partial charge in [0.05, 0.1) is 0 Å². The van der Waals surface area contributed by atoms with Crippen LogP contribution in [0.4, 0.5) is 0 Å². The van der Waals surface area contributed by atoms with E-state index in [2.05, 4.69) is 106 Å². The van der Waals surface area contributed by atoms with Crippen LogP contribution in [0.3, 0.4) is 0 Å². The third-order valence-corrected chi connectivity index (χ3v) is 15.6. The van der Waals surface area contributed by atoms with Gasteiger partial charge in [-0.3, -0.25) is 14.4 Å². The van der Waals surface area contributed by atoms with Crippen molar-refractivity contribution in [3.05, 3.63) is 85.1 Å². The van der Waals surface area contributed by atoms with Crippen LogP contribution in [-0.4, -0.2) is 37.2 Å². The molecule has 0 fully saturated rings. The second-order valence-electron chi connectivity index (χ2n) is 23.8. The van der Waals surface area contributed by atoms with Gasteiger partial charge in [-0.25, -0.2) is 0 Å². The normalized spacial score (nSPS) is 12.6. The van der Waals surface area contributed by atoms with Gasteiger partial charge in [0.2, 0.25) is 0 Å². The SMILES string of the molecule is CC/C=C\C/C=C\C/C=C\C/C=C\C/C=C\CCCCCCCCCCCCCCCCCCCCCC(=O)OCC(COC(=O)CCCCCCC/C=C\C/C=C\CCCC)OC(=O)CCCCCCCCCCCCCCCCC. The smallest absolute Gasteiger partial charge is 0.306 e. The Kier molecular flexibility index (Phi) is 67.2. The fourth-order valence-corrected chi connectivity index (χ4v) is 10.3. The van der Waals surface area contributed by atoms with Crippen molar-refractivity contribution in [3.8, 4) is 0 Å². The highest BCUT2D eigenvalue weighted by Gasteiger charge is 2.19. The molecule has 0 N–H and O–H groups in total. The molecule has 1 atom stereocenters. The Balaban J connectivity index is 4.11. The average molecular weight is 1140 g/mol. The molecule has 0 aliphatic carbocycles. The summed E-state index contributed by atoms with van der Waals surface area (Å²) in [5.41, 5.74) is 0. The second-order valence-corrected chi connectivity index (χ2v) is 23.8. The Morgan fingerprint density at radius 1 is 0.256 bits per heavy atom. The minimum absolute atomic E-state index is 0.0748. The number of unbranched alkanes of at least 4 members (excludes halogenated alkanes) is 40. The number of rotatable bonds is 65. The summed E-state index contributed by atoms with van der Waals surface area (Å²) in [5.74, 6) is -0.868. The molecule has 0 rings (SSSR count). The van der Waals surface area contributed by atoms with Crippen molar-refractivity contribution in [3.63, 3.8) is 0 Å². The molecule has 0 heterocycles. The van der Waals surface area contributed by atoms with Crippen molar-refractivity contribution in [2.75, 3.05) is 13.2 Å². The van der Waals surface area contributed by atoms with Crippen LogP contribution in [0, 0.1) is 0 Å². The number of esters is 3. The van der Waals surface area contributed by atoms with E-state index >= 15 is 0 Å². The molecule has 474 valence electrons. The van der Waals surface area contributed by atoms with Crippen molar-refractivity contribution in [2.24, 2.45) is 0 Å². The van der Waals surface area contributed by atoms with Gasteiger partial charge >= 0.3 is 17.9 Å². The molecule has 0 aromatic carbocycles. The van der Waals surface area contributed by atoms with Crippen molar-refractivity contribution >= 4 is 17.9 Å². The summed E-state index contributed by atoms with van der Waals surface area (Å²) in [5, 5.41) is 0. The molecule has 0 radical (unpaired) electrons. The van der Waals surface area contributed by atoms with Crippen LogP contribution >= 0.6 is 0 Å². The maximum Gasteiger partial charge on any atom is 0.306 e. The lowest BCUT2D eigenvalue weighted by atomic mass is 10.0. The van der Waals surface area contributed by atoms with Gasteiger partial charge in [0.25, 0.3) is 0 Å². The predicted molar refractivity (Wildman–Crippen MR) is 358 cm³/mol. The van der Waals surface area contributed by atoms with Crippen molar-refractivity contribution < 1.29 is 28.6 Å². The molecule has 0 aliphatic heterocycles. The van der Waals surface area contributed by atoms with Crippen LogP contribution in [0.15, 0.2) is 85.1 Å². The van der Waals surface area contributed by atoms with Gasteiger partial charge in [-0.2, -0.15) is 0 Å². The van der Waals surface area contributed by atoms with E-state index in [1.807, 2.05) is 0 Å². The van der Waals surface area contributed by atoms with Gasteiger partial charge in [-0.1, -0.05) is 337 Å². The van der Waals surface area contributed by atoms with Crippen LogP contribution in [0.25, 0.3) is 0 Å². The van der Waals surface area contributed by atoms with Gasteiger partial charge in [0.1, 0.15) is 13.2 Å². The largest absolute Gasteiger partial charge is 0.462 e. The molecular formula is C76H134O6. The minimum atomic E-state index is -0.779. The molecule has 6 heteroatoms. The van der Waals surface area contributed by atoms with Crippen molar-refractivity contribution in [1.82, 2.24) is 0 Å². The fourth-order valence-electron chi connectivity index (χ4n) is 10.3. The number of carbonyl (C=O) groups is 3. The lowest BCUT2D eigenvalue weighted by molar-refractivity contribution is -0.167. The van der Waals surface area contributed by atoms with E-state index in [0.717, 1.165) is 109 Å². The molecule has 0 aromatic rings. The topological polar surface area (TPSA) is 78.9 Å². The van der Waals surface area contributed by atoms with Crippen molar-refractivity contribution in [1.29, 1.82) is 0 Å². The first-order valence-electron chi connectivity index (χ1n) is 35.6. The van der Waals surface area contributed by atoms with Gasteiger partial charge in [-0.15, -0.1) is 0 Å². The van der Waals surface area contributed by atoms with E-state index in [0.29, 0.717) is 19.3 Å². The third kappa shape index (κ3) is 67.4. The van der Waals surface area contributed by atoms with Gasteiger partial charge < -0.3 is 14.2 Å². The van der Waals surface area contributed by atoms with E-state index in [1.165, 1.54) is 212 Å². The number of allylic oxidation sites excluding steroid dienone is 14. The standard InChI is InChI=1S/C76H134O6/c1-4-7-10-13-16-19-22-25-28-29-30-31-32-33-34-35-36-37-38-39-40-41-42-43-44-45-46-47-49-51-54-57-60-63-66-69-75(78)81-72-73(71-80-74(77)68-65-62-59-56-53-50-27-24-21-18-15-12-9-6-3)82-76(79)70-67-64-61-58-55-52-48-26-23-20-17-14-11-8-5-2/h7,10,15-16,18-19,24-25,27-28,30-31,33-34,73H,4-6,8-9,11-14,17,20-23,26,29,32,35-72H2,1-3H3/b10-7-,18-15-,19-16-,27-24-,28-25-,31-30-,34-33-. The minimum Gasteiger partial charge on any atom is -0.462 e. The van der Waals surface area contributed by atoms with Gasteiger partial charge in [-0.05, 0) is 89.9 Å². The van der Waals surface area contributed by atoms with E-state index in [4.69, 9.17) is 14.2 Å². The highest BCUT2D eigenvalue weighted by atomic mass is 16.6. The quantitative estimate of drug-likeness (QED) is 0.0261. The molecule has 82 heavy (non-hydrogen) atoms. The summed E-state index contributed by atoms with van der Waals surface area (Å²) in [7, 11) is 0. The first-order chi connectivity index (χ1) is 40.5. The Morgan fingerprint density at radius 2 is 0.488 bits per heavy atom. The first-order valence-corrected chi connectivity index (χ1v) is 35.6. The molecule has 0 bridgehead atoms. The molecule has 0 saturated heterocycles. The number of carbonyl (C=O) groups excluding carboxylic acids is 3. The number of hydrogen-bond acceptors (Lipinski definition) is 6. The van der Waals surface area contributed by atoms with E-state index in [1.54, 1.807) is 0 Å². The molecule has 0 saturated carbocycles. The average Bonchev–Trinajstić information content (AvgIpc) is 3.48. The molecule has 0 spiro atoms. The molecule has 0 aromatic heterocycles. The predicted octanol–water partition coefficient (Wildman–Crippen LogP) is 24.6. The monoisotopic (exact) mass is 1140 g/mol. The molecule has 0 aliphatic rings. The zero-order chi connectivity index (χ0) is 59.2. The van der Waals surface area contributed by atoms with Gasteiger partial charge in [0.15, 0.2) is 6.10 Å². The first kappa shape index (κ1) is 78.6. The van der Waals surface area contributed by atoms with Gasteiger partial charge in [0, 0.05) is 19.3 Å². The van der Waals surface area contributed by atoms with Crippen molar-refractivity contribution in [2.45, 2.75) is 367 Å². The van der Waals surface area contributed by atoms with Crippen LogP contribution < -0.4 is 0 Å². The lowest BCUT2D eigenvalue weighted by Gasteiger charge is -2.18. The summed E-state index contributed by atoms with van der Waals surface area (Å²) < 4.78 is 17.0. The van der Waals surface area contributed by atoms with Crippen LogP contribution in [-0.2, 0) is 28.6 Å². The number of ether oxygens (including phenoxy) is 3.